The van der Waals surface area contributed by atoms with Crippen LogP contribution in [0.15, 0.2) is 24.3 Å². The smallest absolute Gasteiger partial charge is 0.142 e. The maximum Gasteiger partial charge on any atom is 0.142 e. The lowest BCUT2D eigenvalue weighted by Gasteiger charge is -2.13. The van der Waals surface area contributed by atoms with Gasteiger partial charge in [-0.2, -0.15) is 0 Å². The van der Waals surface area contributed by atoms with Gasteiger partial charge in [0.25, 0.3) is 0 Å². The first-order chi connectivity index (χ1) is 8.00. The fourth-order valence-electron chi connectivity index (χ4n) is 1.49. The van der Waals surface area contributed by atoms with Crippen LogP contribution in [0.4, 0.5) is 4.39 Å². The minimum absolute atomic E-state index is 0.0124. The minimum atomic E-state index is -0.588. The molecule has 0 aliphatic rings. The third kappa shape index (κ3) is 2.59. The van der Waals surface area contributed by atoms with Crippen molar-refractivity contribution < 1.29 is 4.39 Å². The third-order valence-corrected chi connectivity index (χ3v) is 4.25. The number of rotatable bonds is 2. The average Bonchev–Trinajstić information content (AvgIpc) is 2.61. The molecular formula is C11H7Cl3FNS. The van der Waals surface area contributed by atoms with E-state index in [4.69, 9.17) is 40.5 Å². The van der Waals surface area contributed by atoms with Gasteiger partial charge in [-0.25, -0.2) is 4.39 Å². The molecule has 1 atom stereocenters. The van der Waals surface area contributed by atoms with Gasteiger partial charge in [0.2, 0.25) is 0 Å². The zero-order valence-corrected chi connectivity index (χ0v) is 11.5. The molecule has 1 unspecified atom stereocenters. The Balaban J connectivity index is 2.47. The predicted molar refractivity (Wildman–Crippen MR) is 71.8 cm³/mol. The Bertz CT molecular complexity index is 556. The highest BCUT2D eigenvalue weighted by molar-refractivity contribution is 7.20. The van der Waals surface area contributed by atoms with Crippen molar-refractivity contribution in [2.45, 2.75) is 6.04 Å². The van der Waals surface area contributed by atoms with E-state index in [9.17, 15) is 4.39 Å². The average molecular weight is 311 g/mol. The van der Waals surface area contributed by atoms with Gasteiger partial charge >= 0.3 is 0 Å². The van der Waals surface area contributed by atoms with Gasteiger partial charge in [0.15, 0.2) is 0 Å². The minimum Gasteiger partial charge on any atom is -0.320 e. The molecule has 2 aromatic rings. The summed E-state index contributed by atoms with van der Waals surface area (Å²) in [5.41, 5.74) is 7.15. The highest BCUT2D eigenvalue weighted by Crippen LogP contribution is 2.38. The lowest BCUT2D eigenvalue weighted by atomic mass is 10.0. The van der Waals surface area contributed by atoms with Gasteiger partial charge in [-0.1, -0.05) is 46.9 Å². The third-order valence-electron chi connectivity index (χ3n) is 2.33. The standard InChI is InChI=1S/C11H7Cl3FNS/c12-8-4-6(11(14)17-8)10(16)5-2-1-3-7(15)9(5)13/h1-4,10H,16H2. The quantitative estimate of drug-likeness (QED) is 0.839. The fraction of sp³-hybridized carbons (Fsp3) is 0.0909. The normalized spacial score (nSPS) is 12.8. The summed E-state index contributed by atoms with van der Waals surface area (Å²) < 4.78 is 14.3. The Kier molecular flexibility index (Phi) is 3.95. The molecule has 1 aromatic carbocycles. The zero-order chi connectivity index (χ0) is 12.6. The monoisotopic (exact) mass is 309 g/mol. The van der Waals surface area contributed by atoms with Crippen LogP contribution < -0.4 is 5.73 Å². The summed E-state index contributed by atoms with van der Waals surface area (Å²) in [5.74, 6) is -0.503. The van der Waals surface area contributed by atoms with Gasteiger partial charge < -0.3 is 5.73 Å². The largest absolute Gasteiger partial charge is 0.320 e. The van der Waals surface area contributed by atoms with Crippen LogP contribution in [-0.4, -0.2) is 0 Å². The highest BCUT2D eigenvalue weighted by Gasteiger charge is 2.19. The van der Waals surface area contributed by atoms with E-state index in [0.717, 1.165) is 0 Å². The summed E-state index contributed by atoms with van der Waals surface area (Å²) in [6.45, 7) is 0. The molecule has 0 fully saturated rings. The van der Waals surface area contributed by atoms with Gasteiger partial charge in [0.05, 0.1) is 19.7 Å². The van der Waals surface area contributed by atoms with Crippen LogP contribution in [0.25, 0.3) is 0 Å². The first-order valence-corrected chi connectivity index (χ1v) is 6.60. The molecule has 6 heteroatoms. The van der Waals surface area contributed by atoms with Gasteiger partial charge in [-0.05, 0) is 17.7 Å². The van der Waals surface area contributed by atoms with Crippen molar-refractivity contribution in [3.8, 4) is 0 Å². The summed E-state index contributed by atoms with van der Waals surface area (Å²) in [4.78, 5) is 0. The summed E-state index contributed by atoms with van der Waals surface area (Å²) in [7, 11) is 0. The van der Waals surface area contributed by atoms with Crippen LogP contribution in [0.5, 0.6) is 0 Å². The van der Waals surface area contributed by atoms with Crippen molar-refractivity contribution in [1.82, 2.24) is 0 Å². The number of nitrogens with two attached hydrogens (primary N) is 1. The number of halogens is 4. The molecule has 17 heavy (non-hydrogen) atoms. The van der Waals surface area contributed by atoms with Crippen LogP contribution in [0.2, 0.25) is 13.7 Å². The molecule has 90 valence electrons. The van der Waals surface area contributed by atoms with Gasteiger partial charge in [0, 0.05) is 5.56 Å². The summed E-state index contributed by atoms with van der Waals surface area (Å²) >= 11 is 18.9. The Morgan fingerprint density at radius 1 is 1.18 bits per heavy atom. The molecule has 1 aromatic heterocycles. The molecule has 0 bridgehead atoms. The SMILES string of the molecule is NC(c1cc(Cl)sc1Cl)c1cccc(F)c1Cl. The summed E-state index contributed by atoms with van der Waals surface area (Å²) in [6, 6.07) is 5.58. The maximum absolute atomic E-state index is 13.3. The Morgan fingerprint density at radius 2 is 1.88 bits per heavy atom. The van der Waals surface area contributed by atoms with Crippen LogP contribution in [0.1, 0.15) is 17.2 Å². The van der Waals surface area contributed by atoms with E-state index in [1.54, 1.807) is 18.2 Å². The zero-order valence-electron chi connectivity index (χ0n) is 8.38. The lowest BCUT2D eigenvalue weighted by molar-refractivity contribution is 0.624. The molecule has 0 saturated carbocycles. The maximum atomic E-state index is 13.3. The summed E-state index contributed by atoms with van der Waals surface area (Å²) in [5, 5.41) is 0.0124. The van der Waals surface area contributed by atoms with Crippen molar-refractivity contribution in [3.63, 3.8) is 0 Å². The van der Waals surface area contributed by atoms with Crippen molar-refractivity contribution in [1.29, 1.82) is 0 Å². The Morgan fingerprint density at radius 3 is 2.47 bits per heavy atom. The Labute approximate surface area is 117 Å². The van der Waals surface area contributed by atoms with Crippen molar-refractivity contribution in [3.05, 3.63) is 54.9 Å². The molecule has 1 heterocycles. The molecule has 0 spiro atoms. The molecule has 0 aliphatic heterocycles. The van der Waals surface area contributed by atoms with Gasteiger partial charge in [-0.15, -0.1) is 11.3 Å². The first kappa shape index (κ1) is 13.1. The van der Waals surface area contributed by atoms with Gasteiger partial charge in [-0.3, -0.25) is 0 Å². The van der Waals surface area contributed by atoms with Crippen LogP contribution >= 0.6 is 46.1 Å². The second kappa shape index (κ2) is 5.12. The molecule has 0 saturated heterocycles. The van der Waals surface area contributed by atoms with Crippen molar-refractivity contribution in [2.75, 3.05) is 0 Å². The van der Waals surface area contributed by atoms with Crippen molar-refractivity contribution in [2.24, 2.45) is 5.73 Å². The molecule has 0 aliphatic carbocycles. The van der Waals surface area contributed by atoms with E-state index in [-0.39, 0.29) is 5.02 Å². The second-order valence-electron chi connectivity index (χ2n) is 3.40. The van der Waals surface area contributed by atoms with Crippen LogP contribution in [0, 0.1) is 5.82 Å². The molecule has 2 rings (SSSR count). The fourth-order valence-corrected chi connectivity index (χ4v) is 3.29. The van der Waals surface area contributed by atoms with E-state index < -0.39 is 11.9 Å². The van der Waals surface area contributed by atoms with E-state index in [2.05, 4.69) is 0 Å². The molecule has 1 nitrogen and oxygen atoms in total. The first-order valence-electron chi connectivity index (χ1n) is 4.65. The van der Waals surface area contributed by atoms with Crippen molar-refractivity contribution >= 4 is 46.1 Å². The highest BCUT2D eigenvalue weighted by atomic mass is 35.5. The van der Waals surface area contributed by atoms with Gasteiger partial charge in [0.1, 0.15) is 5.82 Å². The number of hydrogen-bond donors (Lipinski definition) is 1. The number of hydrogen-bond acceptors (Lipinski definition) is 2. The summed E-state index contributed by atoms with van der Waals surface area (Å²) in [6.07, 6.45) is 0. The van der Waals surface area contributed by atoms with E-state index >= 15 is 0 Å². The molecule has 0 amide bonds. The van der Waals surface area contributed by atoms with Crippen LogP contribution in [0.3, 0.4) is 0 Å². The lowest BCUT2D eigenvalue weighted by Crippen LogP contribution is -2.12. The Hall–Kier alpha value is -0.320. The van der Waals surface area contributed by atoms with Crippen LogP contribution in [-0.2, 0) is 0 Å². The molecule has 0 radical (unpaired) electrons. The molecular weight excluding hydrogens is 304 g/mol. The predicted octanol–water partition coefficient (Wildman–Crippen LogP) is 4.90. The van der Waals surface area contributed by atoms with E-state index in [0.29, 0.717) is 19.8 Å². The van der Waals surface area contributed by atoms with E-state index in [1.807, 2.05) is 0 Å². The number of benzene rings is 1. The topological polar surface area (TPSA) is 26.0 Å². The number of thiophene rings is 1. The van der Waals surface area contributed by atoms with E-state index in [1.165, 1.54) is 17.4 Å². The molecule has 2 N–H and O–H groups in total. The second-order valence-corrected chi connectivity index (χ2v) is 6.06.